The van der Waals surface area contributed by atoms with E-state index in [-0.39, 0.29) is 22.8 Å². The van der Waals surface area contributed by atoms with Crippen molar-refractivity contribution < 1.29 is 17.9 Å². The first-order chi connectivity index (χ1) is 15.0. The maximum atomic E-state index is 15.0. The number of hydrogen-bond donors (Lipinski definition) is 0. The average molecular weight is 429 g/mol. The van der Waals surface area contributed by atoms with Gasteiger partial charge < -0.3 is 4.74 Å². The van der Waals surface area contributed by atoms with E-state index in [9.17, 15) is 13.2 Å². The topological polar surface area (TPSA) is 9.23 Å². The van der Waals surface area contributed by atoms with Gasteiger partial charge in [0.05, 0.1) is 12.7 Å². The minimum Gasteiger partial charge on any atom is -0.494 e. The highest BCUT2D eigenvalue weighted by molar-refractivity contribution is 5.66. The van der Waals surface area contributed by atoms with Gasteiger partial charge in [-0.3, -0.25) is 0 Å². The first kappa shape index (κ1) is 22.0. The third-order valence-electron chi connectivity index (χ3n) is 7.48. The molecule has 2 saturated carbocycles. The number of fused-ring (bicyclic) bond motifs is 1. The van der Waals surface area contributed by atoms with Crippen LogP contribution in [-0.2, 0) is 0 Å². The van der Waals surface area contributed by atoms with E-state index in [1.165, 1.54) is 57.1 Å². The van der Waals surface area contributed by atoms with E-state index >= 15 is 0 Å². The summed E-state index contributed by atoms with van der Waals surface area (Å²) in [5, 5.41) is 0. The second-order valence-electron chi connectivity index (χ2n) is 9.28. The maximum absolute atomic E-state index is 15.0. The summed E-state index contributed by atoms with van der Waals surface area (Å²) in [5.41, 5.74) is 0.739. The molecule has 2 aliphatic carbocycles. The van der Waals surface area contributed by atoms with E-state index in [0.717, 1.165) is 49.1 Å². The molecule has 0 aromatic heterocycles. The van der Waals surface area contributed by atoms with Gasteiger partial charge >= 0.3 is 0 Å². The summed E-state index contributed by atoms with van der Waals surface area (Å²) in [6, 6.07) is 6.92. The first-order valence-electron chi connectivity index (χ1n) is 11.4. The third-order valence-corrected chi connectivity index (χ3v) is 7.48. The largest absolute Gasteiger partial charge is 0.494 e. The van der Waals surface area contributed by atoms with Crippen LogP contribution in [0.15, 0.2) is 43.0 Å². The molecule has 1 nitrogen and oxygen atoms in total. The molecule has 0 heterocycles. The highest BCUT2D eigenvalue weighted by Gasteiger charge is 2.36. The molecule has 0 radical (unpaired) electrons. The smallest absolute Gasteiger partial charge is 0.165 e. The molecule has 2 fully saturated rings. The predicted molar refractivity (Wildman–Crippen MR) is 119 cm³/mol. The second kappa shape index (κ2) is 9.50. The number of halogens is 3. The Morgan fingerprint density at radius 3 is 2.32 bits per heavy atom. The molecule has 4 unspecified atom stereocenters. The zero-order valence-electron chi connectivity index (χ0n) is 18.2. The number of benzene rings is 2. The van der Waals surface area contributed by atoms with E-state index in [1.54, 1.807) is 0 Å². The van der Waals surface area contributed by atoms with Crippen molar-refractivity contribution in [2.75, 3.05) is 7.11 Å². The fraction of sp³-hybridized carbons (Fsp3) is 0.481. The van der Waals surface area contributed by atoms with Gasteiger partial charge in [0, 0.05) is 0 Å². The Morgan fingerprint density at radius 1 is 0.935 bits per heavy atom. The Kier molecular flexibility index (Phi) is 6.74. The number of methoxy groups -OCH3 is 1. The summed E-state index contributed by atoms with van der Waals surface area (Å²) >= 11 is 0. The lowest BCUT2D eigenvalue weighted by atomic mass is 9.63. The zero-order chi connectivity index (χ0) is 22.0. The van der Waals surface area contributed by atoms with Crippen LogP contribution in [0, 0.1) is 35.2 Å². The normalized spacial score (nSPS) is 25.7. The van der Waals surface area contributed by atoms with E-state index in [4.69, 9.17) is 4.74 Å². The van der Waals surface area contributed by atoms with Crippen molar-refractivity contribution in [3.05, 3.63) is 66.0 Å². The van der Waals surface area contributed by atoms with Crippen LogP contribution in [-0.4, -0.2) is 7.11 Å². The van der Waals surface area contributed by atoms with Gasteiger partial charge in [-0.1, -0.05) is 18.6 Å². The van der Waals surface area contributed by atoms with E-state index in [2.05, 4.69) is 6.58 Å². The quantitative estimate of drug-likeness (QED) is 0.423. The van der Waals surface area contributed by atoms with Gasteiger partial charge in [0.15, 0.2) is 11.6 Å². The van der Waals surface area contributed by atoms with Gasteiger partial charge in [-0.15, -0.1) is 6.58 Å². The Bertz CT molecular complexity index is 915. The fourth-order valence-corrected chi connectivity index (χ4v) is 5.83. The molecular weight excluding hydrogens is 397 g/mol. The summed E-state index contributed by atoms with van der Waals surface area (Å²) in [4.78, 5) is 0. The van der Waals surface area contributed by atoms with Crippen molar-refractivity contribution in [3.8, 4) is 16.9 Å². The molecule has 2 aromatic rings. The van der Waals surface area contributed by atoms with Crippen LogP contribution in [0.1, 0.15) is 62.8 Å². The molecule has 0 aliphatic heterocycles. The SMILES string of the molecule is C=CCCC1CCC2CC(c3cc(F)c(-c4ccc(OC)c(F)c4)c(F)c3)CCC2C1. The summed E-state index contributed by atoms with van der Waals surface area (Å²) < 4.78 is 48.9. The molecule has 0 spiro atoms. The van der Waals surface area contributed by atoms with E-state index in [0.29, 0.717) is 5.92 Å². The molecule has 2 aromatic carbocycles. The molecule has 4 rings (SSSR count). The second-order valence-corrected chi connectivity index (χ2v) is 9.28. The van der Waals surface area contributed by atoms with E-state index in [1.807, 2.05) is 6.08 Å². The Hall–Kier alpha value is -2.23. The summed E-state index contributed by atoms with van der Waals surface area (Å²) in [7, 11) is 1.36. The van der Waals surface area contributed by atoms with Gasteiger partial charge in [0.1, 0.15) is 11.6 Å². The van der Waals surface area contributed by atoms with Gasteiger partial charge in [0.25, 0.3) is 0 Å². The van der Waals surface area contributed by atoms with Crippen molar-refractivity contribution in [2.24, 2.45) is 17.8 Å². The monoisotopic (exact) mass is 428 g/mol. The molecular formula is C27H31F3O. The van der Waals surface area contributed by atoms with Crippen LogP contribution in [0.4, 0.5) is 13.2 Å². The van der Waals surface area contributed by atoms with Crippen LogP contribution >= 0.6 is 0 Å². The highest BCUT2D eigenvalue weighted by Crippen LogP contribution is 2.48. The molecule has 0 amide bonds. The molecule has 4 heteroatoms. The van der Waals surface area contributed by atoms with Gasteiger partial charge in [-0.25, -0.2) is 13.2 Å². The Labute approximate surface area is 183 Å². The van der Waals surface area contributed by atoms with Crippen molar-refractivity contribution >= 4 is 0 Å². The molecule has 166 valence electrons. The molecule has 0 saturated heterocycles. The lowest BCUT2D eigenvalue weighted by molar-refractivity contribution is 0.115. The van der Waals surface area contributed by atoms with Crippen LogP contribution in [0.3, 0.4) is 0 Å². The number of rotatable bonds is 6. The minimum atomic E-state index is -0.634. The average Bonchev–Trinajstić information content (AvgIpc) is 2.77. The number of allylic oxidation sites excluding steroid dienone is 1. The van der Waals surface area contributed by atoms with Crippen LogP contribution in [0.2, 0.25) is 0 Å². The summed E-state index contributed by atoms with van der Waals surface area (Å²) in [5.74, 6) is 0.550. The van der Waals surface area contributed by atoms with Crippen molar-refractivity contribution in [3.63, 3.8) is 0 Å². The van der Waals surface area contributed by atoms with Gasteiger partial charge in [-0.2, -0.15) is 0 Å². The zero-order valence-corrected chi connectivity index (χ0v) is 18.2. The standard InChI is InChI=1S/C27H31F3O/c1-3-4-5-17-6-7-19-13-20(9-8-18(19)12-17)22-15-24(29)27(25(30)16-22)21-10-11-26(31-2)23(28)14-21/h3,10-11,14-20H,1,4-9,12-13H2,2H3. The Morgan fingerprint density at radius 2 is 1.65 bits per heavy atom. The predicted octanol–water partition coefficient (Wildman–Crippen LogP) is 8.05. The van der Waals surface area contributed by atoms with Crippen LogP contribution < -0.4 is 4.74 Å². The minimum absolute atomic E-state index is 0.0529. The summed E-state index contributed by atoms with van der Waals surface area (Å²) in [6.07, 6.45) is 11.2. The van der Waals surface area contributed by atoms with Gasteiger partial charge in [0.2, 0.25) is 0 Å². The van der Waals surface area contributed by atoms with Gasteiger partial charge in [-0.05, 0) is 104 Å². The van der Waals surface area contributed by atoms with Crippen LogP contribution in [0.25, 0.3) is 11.1 Å². The molecule has 0 N–H and O–H groups in total. The molecule has 31 heavy (non-hydrogen) atoms. The summed E-state index contributed by atoms with van der Waals surface area (Å²) in [6.45, 7) is 3.84. The number of ether oxygens (including phenoxy) is 1. The maximum Gasteiger partial charge on any atom is 0.165 e. The molecule has 0 bridgehead atoms. The Balaban J connectivity index is 1.49. The first-order valence-corrected chi connectivity index (χ1v) is 11.4. The number of hydrogen-bond acceptors (Lipinski definition) is 1. The fourth-order valence-electron chi connectivity index (χ4n) is 5.83. The molecule has 4 atom stereocenters. The van der Waals surface area contributed by atoms with Crippen molar-refractivity contribution in [1.82, 2.24) is 0 Å². The van der Waals surface area contributed by atoms with E-state index < -0.39 is 17.5 Å². The third kappa shape index (κ3) is 4.68. The highest BCUT2D eigenvalue weighted by atomic mass is 19.1. The van der Waals surface area contributed by atoms with Crippen molar-refractivity contribution in [2.45, 2.75) is 57.3 Å². The van der Waals surface area contributed by atoms with Crippen LogP contribution in [0.5, 0.6) is 5.75 Å². The van der Waals surface area contributed by atoms with Crippen molar-refractivity contribution in [1.29, 1.82) is 0 Å². The lowest BCUT2D eigenvalue weighted by Crippen LogP contribution is -2.30. The molecule has 2 aliphatic rings. The lowest BCUT2D eigenvalue weighted by Gasteiger charge is -2.42.